The SMILES string of the molecule is C=CCOC1CC(n2cc(I)c3c(/N=C\N(C)C)ncnc32)OC1CO. The quantitative estimate of drug-likeness (QED) is 0.288. The van der Waals surface area contributed by atoms with Crippen molar-refractivity contribution in [2.45, 2.75) is 24.9 Å². The van der Waals surface area contributed by atoms with E-state index in [0.29, 0.717) is 18.8 Å². The fourth-order valence-electron chi connectivity index (χ4n) is 2.91. The lowest BCUT2D eigenvalue weighted by atomic mass is 10.2. The second-order valence-electron chi connectivity index (χ2n) is 6.20. The molecule has 1 aliphatic heterocycles. The molecule has 9 heteroatoms. The Labute approximate surface area is 165 Å². The van der Waals surface area contributed by atoms with E-state index in [0.717, 1.165) is 14.6 Å². The molecule has 3 atom stereocenters. The van der Waals surface area contributed by atoms with E-state index in [1.165, 1.54) is 6.33 Å². The molecule has 1 saturated heterocycles. The summed E-state index contributed by atoms with van der Waals surface area (Å²) in [5.41, 5.74) is 0.751. The minimum absolute atomic E-state index is 0.0953. The van der Waals surface area contributed by atoms with Gasteiger partial charge in [0.05, 0.1) is 31.0 Å². The molecule has 0 bridgehead atoms. The third-order valence-corrected chi connectivity index (χ3v) is 4.87. The van der Waals surface area contributed by atoms with Gasteiger partial charge in [-0.2, -0.15) is 0 Å². The van der Waals surface area contributed by atoms with Gasteiger partial charge in [-0.3, -0.25) is 0 Å². The lowest BCUT2D eigenvalue weighted by Crippen LogP contribution is -2.27. The molecule has 8 nitrogen and oxygen atoms in total. The van der Waals surface area contributed by atoms with Crippen LogP contribution in [0.25, 0.3) is 11.0 Å². The van der Waals surface area contributed by atoms with Gasteiger partial charge >= 0.3 is 0 Å². The van der Waals surface area contributed by atoms with E-state index in [-0.39, 0.29) is 25.0 Å². The molecule has 0 amide bonds. The Hall–Kier alpha value is -1.56. The molecule has 2 aromatic rings. The number of aromatic nitrogens is 3. The molecule has 3 rings (SSSR count). The molecular formula is C17H22IN5O3. The van der Waals surface area contributed by atoms with Crippen molar-refractivity contribution in [3.05, 3.63) is 28.7 Å². The van der Waals surface area contributed by atoms with Crippen LogP contribution in [0.5, 0.6) is 0 Å². The maximum atomic E-state index is 9.59. The van der Waals surface area contributed by atoms with Crippen LogP contribution < -0.4 is 0 Å². The summed E-state index contributed by atoms with van der Waals surface area (Å²) in [6.45, 7) is 3.99. The van der Waals surface area contributed by atoms with Gasteiger partial charge in [0.2, 0.25) is 0 Å². The van der Waals surface area contributed by atoms with Crippen molar-refractivity contribution in [1.29, 1.82) is 0 Å². The first kappa shape index (κ1) is 19.2. The second-order valence-corrected chi connectivity index (χ2v) is 7.36. The van der Waals surface area contributed by atoms with Crippen molar-refractivity contribution >= 4 is 45.8 Å². The largest absolute Gasteiger partial charge is 0.394 e. The molecule has 26 heavy (non-hydrogen) atoms. The van der Waals surface area contributed by atoms with E-state index >= 15 is 0 Å². The van der Waals surface area contributed by atoms with Crippen molar-refractivity contribution in [3.63, 3.8) is 0 Å². The van der Waals surface area contributed by atoms with Crippen molar-refractivity contribution in [2.24, 2.45) is 4.99 Å². The Morgan fingerprint density at radius 2 is 2.35 bits per heavy atom. The summed E-state index contributed by atoms with van der Waals surface area (Å²) < 4.78 is 14.7. The van der Waals surface area contributed by atoms with Crippen LogP contribution in [-0.4, -0.2) is 70.4 Å². The summed E-state index contributed by atoms with van der Waals surface area (Å²) in [6, 6.07) is 0. The zero-order chi connectivity index (χ0) is 18.7. The maximum absolute atomic E-state index is 9.59. The fourth-order valence-corrected chi connectivity index (χ4v) is 3.70. The number of nitrogens with zero attached hydrogens (tertiary/aromatic N) is 5. The van der Waals surface area contributed by atoms with Gasteiger partial charge in [-0.25, -0.2) is 15.0 Å². The van der Waals surface area contributed by atoms with E-state index < -0.39 is 0 Å². The molecule has 0 radical (unpaired) electrons. The van der Waals surface area contributed by atoms with E-state index in [1.54, 1.807) is 12.4 Å². The Bertz CT molecular complexity index is 807. The van der Waals surface area contributed by atoms with Gasteiger partial charge in [-0.15, -0.1) is 6.58 Å². The van der Waals surface area contributed by atoms with Crippen LogP contribution in [0.3, 0.4) is 0 Å². The Balaban J connectivity index is 1.94. The third kappa shape index (κ3) is 3.90. The molecule has 3 unspecified atom stereocenters. The van der Waals surface area contributed by atoms with Crippen molar-refractivity contribution < 1.29 is 14.6 Å². The standard InChI is InChI=1S/C17H22IN5O3/c1-4-5-25-12-6-14(26-13(12)8-24)23-7-11(18)15-16(21-10-22(2)3)19-9-20-17(15)23/h4,7,9-10,12-14,24H,1,5-6,8H2,2-3H3/b21-10-. The first-order valence-corrected chi connectivity index (χ1v) is 9.33. The van der Waals surface area contributed by atoms with Crippen LogP contribution in [0.2, 0.25) is 0 Å². The highest BCUT2D eigenvalue weighted by molar-refractivity contribution is 14.1. The van der Waals surface area contributed by atoms with Gasteiger partial charge in [0.25, 0.3) is 0 Å². The average Bonchev–Trinajstić information content (AvgIpc) is 3.19. The highest BCUT2D eigenvalue weighted by Gasteiger charge is 2.37. The maximum Gasteiger partial charge on any atom is 0.167 e. The molecule has 0 aromatic carbocycles. The molecule has 1 aliphatic rings. The molecule has 0 saturated carbocycles. The van der Waals surface area contributed by atoms with Crippen LogP contribution in [-0.2, 0) is 9.47 Å². The summed E-state index contributed by atoms with van der Waals surface area (Å²) in [5, 5.41) is 10.5. The topological polar surface area (TPSA) is 85.0 Å². The highest BCUT2D eigenvalue weighted by Crippen LogP contribution is 2.36. The van der Waals surface area contributed by atoms with E-state index in [2.05, 4.69) is 44.1 Å². The first-order valence-electron chi connectivity index (χ1n) is 8.25. The monoisotopic (exact) mass is 471 g/mol. The van der Waals surface area contributed by atoms with Gasteiger partial charge in [0, 0.05) is 30.3 Å². The van der Waals surface area contributed by atoms with Gasteiger partial charge in [-0.1, -0.05) is 6.08 Å². The molecule has 1 fully saturated rings. The molecular weight excluding hydrogens is 449 g/mol. The third-order valence-electron chi connectivity index (χ3n) is 4.05. The zero-order valence-corrected chi connectivity index (χ0v) is 16.9. The molecule has 1 N–H and O–H groups in total. The van der Waals surface area contributed by atoms with Gasteiger partial charge in [0.1, 0.15) is 24.3 Å². The minimum atomic E-state index is -0.372. The number of halogens is 1. The number of hydrogen-bond acceptors (Lipinski definition) is 6. The van der Waals surface area contributed by atoms with Crippen LogP contribution in [0, 0.1) is 3.57 Å². The minimum Gasteiger partial charge on any atom is -0.394 e. The number of rotatable bonds is 7. The van der Waals surface area contributed by atoms with Crippen molar-refractivity contribution in [1.82, 2.24) is 19.4 Å². The average molecular weight is 471 g/mol. The highest BCUT2D eigenvalue weighted by atomic mass is 127. The number of hydrogen-bond donors (Lipinski definition) is 1. The summed E-state index contributed by atoms with van der Waals surface area (Å²) in [6.07, 6.45) is 6.67. The first-order chi connectivity index (χ1) is 12.5. The predicted octanol–water partition coefficient (Wildman–Crippen LogP) is 2.11. The van der Waals surface area contributed by atoms with Crippen LogP contribution in [0.1, 0.15) is 12.6 Å². The summed E-state index contributed by atoms with van der Waals surface area (Å²) in [4.78, 5) is 15.0. The van der Waals surface area contributed by atoms with Gasteiger partial charge in [0.15, 0.2) is 5.82 Å². The van der Waals surface area contributed by atoms with Crippen LogP contribution in [0.15, 0.2) is 30.2 Å². The van der Waals surface area contributed by atoms with Crippen LogP contribution in [0.4, 0.5) is 5.82 Å². The summed E-state index contributed by atoms with van der Waals surface area (Å²) in [7, 11) is 3.81. The van der Waals surface area contributed by atoms with E-state index in [4.69, 9.17) is 9.47 Å². The number of aliphatic hydroxyl groups is 1. The number of ether oxygens (including phenoxy) is 2. The number of aliphatic imine (C=N–C) groups is 1. The van der Waals surface area contributed by atoms with Gasteiger partial charge < -0.3 is 24.0 Å². The van der Waals surface area contributed by atoms with E-state index in [1.807, 2.05) is 29.8 Å². The van der Waals surface area contributed by atoms with E-state index in [9.17, 15) is 5.11 Å². The molecule has 0 aliphatic carbocycles. The van der Waals surface area contributed by atoms with Crippen LogP contribution >= 0.6 is 22.6 Å². The van der Waals surface area contributed by atoms with Crippen molar-refractivity contribution in [2.75, 3.05) is 27.3 Å². The lowest BCUT2D eigenvalue weighted by molar-refractivity contribution is -0.0560. The Kier molecular flexibility index (Phi) is 6.22. The van der Waals surface area contributed by atoms with Crippen molar-refractivity contribution in [3.8, 4) is 0 Å². The lowest BCUT2D eigenvalue weighted by Gasteiger charge is -2.15. The number of fused-ring (bicyclic) bond motifs is 1. The second kappa shape index (κ2) is 8.42. The predicted molar refractivity (Wildman–Crippen MR) is 108 cm³/mol. The smallest absolute Gasteiger partial charge is 0.167 e. The molecule has 3 heterocycles. The molecule has 0 spiro atoms. The Morgan fingerprint density at radius 1 is 1.54 bits per heavy atom. The zero-order valence-electron chi connectivity index (χ0n) is 14.7. The number of aliphatic hydroxyl groups excluding tert-OH is 1. The fraction of sp³-hybridized carbons (Fsp3) is 0.471. The molecule has 2 aromatic heterocycles. The molecule has 140 valence electrons. The normalized spacial score (nSPS) is 23.2. The summed E-state index contributed by atoms with van der Waals surface area (Å²) in [5.74, 6) is 0.614. The Morgan fingerprint density at radius 3 is 3.04 bits per heavy atom. The summed E-state index contributed by atoms with van der Waals surface area (Å²) >= 11 is 2.25. The van der Waals surface area contributed by atoms with Gasteiger partial charge in [-0.05, 0) is 22.6 Å².